The van der Waals surface area contributed by atoms with E-state index in [1.807, 2.05) is 0 Å². The first-order valence-corrected chi connectivity index (χ1v) is 4.72. The summed E-state index contributed by atoms with van der Waals surface area (Å²) in [6, 6.07) is 1.22. The van der Waals surface area contributed by atoms with Crippen molar-refractivity contribution in [1.82, 2.24) is 4.98 Å². The number of hydrogen-bond donors (Lipinski definition) is 1. The Balaban J connectivity index is 2.82. The van der Waals surface area contributed by atoms with Crippen LogP contribution in [0.5, 0.6) is 0 Å². The third-order valence-corrected chi connectivity index (χ3v) is 2.71. The maximum Gasteiger partial charge on any atom is 0.208 e. The molecule has 0 unspecified atom stereocenters. The van der Waals surface area contributed by atoms with Gasteiger partial charge in [0.1, 0.15) is 9.68 Å². The van der Waals surface area contributed by atoms with Gasteiger partial charge in [0.15, 0.2) is 0 Å². The van der Waals surface area contributed by atoms with E-state index in [0.29, 0.717) is 0 Å². The Kier molecular flexibility index (Phi) is 4.65. The van der Waals surface area contributed by atoms with Crippen molar-refractivity contribution in [2.45, 2.75) is 26.3 Å². The lowest BCUT2D eigenvalue weighted by molar-refractivity contribution is -0.117. The van der Waals surface area contributed by atoms with Gasteiger partial charge in [-0.2, -0.15) is 0 Å². The molecule has 0 rings (SSSR count). The molecule has 0 spiro atoms. The molecule has 0 bridgehead atoms. The average Bonchev–Trinajstić information content (AvgIpc) is 1.66. The zero-order valence-electron chi connectivity index (χ0n) is 5.53. The van der Waals surface area contributed by atoms with Crippen LogP contribution in [0.1, 0.15) is 20.3 Å². The van der Waals surface area contributed by atoms with Gasteiger partial charge in [0.05, 0.1) is 0 Å². The van der Waals surface area contributed by atoms with Crippen LogP contribution in [0.25, 0.3) is 0 Å². The van der Waals surface area contributed by atoms with Crippen LogP contribution in [0.4, 0.5) is 0 Å². The van der Waals surface area contributed by atoms with E-state index in [4.69, 9.17) is 0 Å². The number of amides is 1. The monoisotopic (exact) mass is 131 g/mol. The fourth-order valence-corrected chi connectivity index (χ4v) is 1.32. The minimum Gasteiger partial charge on any atom is -0.388 e. The predicted molar refractivity (Wildman–Crippen MR) is 37.5 cm³/mol. The lowest BCUT2D eigenvalue weighted by Gasteiger charge is -1.95. The van der Waals surface area contributed by atoms with E-state index < -0.39 is 0 Å². The Hall–Kier alpha value is -0.313. The molecule has 1 amide bonds. The van der Waals surface area contributed by atoms with Crippen LogP contribution in [0.15, 0.2) is 0 Å². The van der Waals surface area contributed by atoms with Crippen molar-refractivity contribution in [3.05, 3.63) is 0 Å². The van der Waals surface area contributed by atoms with Gasteiger partial charge in [-0.25, -0.2) is 0 Å². The van der Waals surface area contributed by atoms with Gasteiger partial charge in [0, 0.05) is 6.92 Å². The molecule has 48 valence electrons. The number of hydrogen-bond acceptors (Lipinski definition) is 1. The molecule has 0 atom stereocenters. The Labute approximate surface area is 52.6 Å². The molecule has 0 saturated heterocycles. The summed E-state index contributed by atoms with van der Waals surface area (Å²) in [6.45, 7) is 3.71. The minimum atomic E-state index is -0.236. The largest absolute Gasteiger partial charge is 0.388 e. The summed E-state index contributed by atoms with van der Waals surface area (Å²) in [7, 11) is -0.236. The Morgan fingerprint density at radius 2 is 2.38 bits per heavy atom. The standard InChI is InChI=1S/C5H13NOSi/c1-3-4-8-6-5(2)7/h3-4,8H2,1-2H3,(H,6,7). The first-order valence-electron chi connectivity index (χ1n) is 3.01. The molecule has 0 aromatic heterocycles. The molecule has 0 aliphatic carbocycles. The van der Waals surface area contributed by atoms with Crippen molar-refractivity contribution in [2.75, 3.05) is 0 Å². The summed E-state index contributed by atoms with van der Waals surface area (Å²) in [5, 5.41) is 0. The average molecular weight is 131 g/mol. The van der Waals surface area contributed by atoms with Crippen LogP contribution in [0.2, 0.25) is 6.04 Å². The van der Waals surface area contributed by atoms with Gasteiger partial charge in [-0.05, 0) is 6.04 Å². The molecule has 0 aromatic rings. The zero-order valence-corrected chi connectivity index (χ0v) is 6.94. The maximum absolute atomic E-state index is 10.2. The summed E-state index contributed by atoms with van der Waals surface area (Å²) >= 11 is 0. The second kappa shape index (κ2) is 4.84. The molecule has 0 fully saturated rings. The first kappa shape index (κ1) is 7.69. The van der Waals surface area contributed by atoms with Gasteiger partial charge in [0.25, 0.3) is 0 Å². The van der Waals surface area contributed by atoms with Crippen molar-refractivity contribution in [1.29, 1.82) is 0 Å². The molecule has 3 heteroatoms. The van der Waals surface area contributed by atoms with Gasteiger partial charge in [-0.15, -0.1) is 0 Å². The van der Waals surface area contributed by atoms with E-state index in [1.54, 1.807) is 6.92 Å². The molecule has 1 N–H and O–H groups in total. The highest BCUT2D eigenvalue weighted by Gasteiger charge is 1.87. The second-order valence-electron chi connectivity index (χ2n) is 1.84. The van der Waals surface area contributed by atoms with Crippen molar-refractivity contribution >= 4 is 15.6 Å². The van der Waals surface area contributed by atoms with E-state index in [1.165, 1.54) is 12.5 Å². The predicted octanol–water partition coefficient (Wildman–Crippen LogP) is 0.0346. The van der Waals surface area contributed by atoms with Crippen LogP contribution in [0, 0.1) is 0 Å². The van der Waals surface area contributed by atoms with Crippen LogP contribution in [0.3, 0.4) is 0 Å². The number of nitrogens with one attached hydrogen (secondary N) is 1. The second-order valence-corrected chi connectivity index (χ2v) is 3.40. The van der Waals surface area contributed by atoms with Gasteiger partial charge in [-0.3, -0.25) is 4.79 Å². The molecule has 0 saturated carbocycles. The van der Waals surface area contributed by atoms with Crippen molar-refractivity contribution in [3.63, 3.8) is 0 Å². The normalized spacial score (nSPS) is 10.2. The van der Waals surface area contributed by atoms with Crippen LogP contribution < -0.4 is 4.98 Å². The van der Waals surface area contributed by atoms with Crippen LogP contribution in [-0.2, 0) is 4.79 Å². The fourth-order valence-electron chi connectivity index (χ4n) is 0.441. The maximum atomic E-state index is 10.2. The Bertz CT molecular complexity index is 74.8. The third-order valence-electron chi connectivity index (χ3n) is 0.904. The van der Waals surface area contributed by atoms with Gasteiger partial charge < -0.3 is 4.98 Å². The van der Waals surface area contributed by atoms with E-state index in [2.05, 4.69) is 11.9 Å². The highest BCUT2D eigenvalue weighted by atomic mass is 28.2. The quantitative estimate of drug-likeness (QED) is 0.425. The first-order chi connectivity index (χ1) is 3.77. The molecule has 2 nitrogen and oxygen atoms in total. The molecule has 0 aliphatic heterocycles. The van der Waals surface area contributed by atoms with E-state index >= 15 is 0 Å². The summed E-state index contributed by atoms with van der Waals surface area (Å²) < 4.78 is 0. The minimum absolute atomic E-state index is 0.130. The summed E-state index contributed by atoms with van der Waals surface area (Å²) in [6.07, 6.45) is 1.20. The molecule has 0 aromatic carbocycles. The highest BCUT2D eigenvalue weighted by molar-refractivity contribution is 6.36. The fraction of sp³-hybridized carbons (Fsp3) is 0.800. The molecular formula is C5H13NOSi. The molecule has 0 heterocycles. The molecular weight excluding hydrogens is 118 g/mol. The van der Waals surface area contributed by atoms with Crippen molar-refractivity contribution in [3.8, 4) is 0 Å². The molecule has 0 aliphatic rings. The van der Waals surface area contributed by atoms with Crippen molar-refractivity contribution < 1.29 is 4.79 Å². The Morgan fingerprint density at radius 3 is 2.75 bits per heavy atom. The number of carbonyl (C=O) groups is 1. The summed E-state index contributed by atoms with van der Waals surface area (Å²) in [5.41, 5.74) is 0. The molecule has 0 radical (unpaired) electrons. The van der Waals surface area contributed by atoms with Crippen molar-refractivity contribution in [2.24, 2.45) is 0 Å². The summed E-state index contributed by atoms with van der Waals surface area (Å²) in [5.74, 6) is 0.130. The van der Waals surface area contributed by atoms with Gasteiger partial charge >= 0.3 is 0 Å². The van der Waals surface area contributed by atoms with Crippen LogP contribution >= 0.6 is 0 Å². The zero-order chi connectivity index (χ0) is 6.41. The summed E-state index contributed by atoms with van der Waals surface area (Å²) in [4.78, 5) is 13.1. The number of rotatable bonds is 3. The smallest absolute Gasteiger partial charge is 0.208 e. The lowest BCUT2D eigenvalue weighted by Crippen LogP contribution is -2.23. The topological polar surface area (TPSA) is 29.1 Å². The Morgan fingerprint density at radius 1 is 1.75 bits per heavy atom. The lowest BCUT2D eigenvalue weighted by atomic mass is 10.6. The van der Waals surface area contributed by atoms with E-state index in [9.17, 15) is 4.79 Å². The van der Waals surface area contributed by atoms with Gasteiger partial charge in [0.2, 0.25) is 5.91 Å². The number of carbonyl (C=O) groups excluding carboxylic acids is 1. The molecule has 8 heavy (non-hydrogen) atoms. The van der Waals surface area contributed by atoms with Crippen LogP contribution in [-0.4, -0.2) is 15.6 Å². The van der Waals surface area contributed by atoms with E-state index in [-0.39, 0.29) is 15.6 Å². The van der Waals surface area contributed by atoms with Gasteiger partial charge in [-0.1, -0.05) is 13.3 Å². The SMILES string of the molecule is CCC[SiH2]NC(C)=O. The highest BCUT2D eigenvalue weighted by Crippen LogP contribution is 1.80. The van der Waals surface area contributed by atoms with E-state index in [0.717, 1.165) is 0 Å². The third kappa shape index (κ3) is 5.69.